The van der Waals surface area contributed by atoms with E-state index in [9.17, 15) is 0 Å². The normalized spacial score (nSPS) is 21.0. The van der Waals surface area contributed by atoms with Gasteiger partial charge >= 0.3 is 0 Å². The van der Waals surface area contributed by atoms with E-state index in [1.165, 1.54) is 22.3 Å². The van der Waals surface area contributed by atoms with Crippen molar-refractivity contribution in [2.45, 2.75) is 25.6 Å². The summed E-state index contributed by atoms with van der Waals surface area (Å²) in [7, 11) is 0. The van der Waals surface area contributed by atoms with Crippen molar-refractivity contribution in [3.05, 3.63) is 64.7 Å². The molecule has 2 N–H and O–H groups in total. The van der Waals surface area contributed by atoms with Crippen molar-refractivity contribution >= 4 is 5.69 Å². The van der Waals surface area contributed by atoms with Crippen LogP contribution in [0.4, 0.5) is 5.69 Å². The third-order valence-corrected chi connectivity index (χ3v) is 4.53. The van der Waals surface area contributed by atoms with E-state index >= 15 is 0 Å². The molecule has 0 aliphatic carbocycles. The second kappa shape index (κ2) is 5.17. The monoisotopic (exact) mass is 280 g/mol. The zero-order valence-corrected chi connectivity index (χ0v) is 12.1. The number of rotatable bonds is 2. The number of hydrogen-bond acceptors (Lipinski definition) is 3. The summed E-state index contributed by atoms with van der Waals surface area (Å²) in [6, 6.07) is 14.9. The van der Waals surface area contributed by atoms with Crippen LogP contribution in [0.1, 0.15) is 28.4 Å². The summed E-state index contributed by atoms with van der Waals surface area (Å²) in [5.74, 6) is 0. The average molecular weight is 280 g/mol. The minimum atomic E-state index is 0.196. The van der Waals surface area contributed by atoms with Crippen LogP contribution in [-0.4, -0.2) is 18.1 Å². The van der Waals surface area contributed by atoms with Crippen LogP contribution >= 0.6 is 0 Å². The molecule has 2 aromatic carbocycles. The van der Waals surface area contributed by atoms with E-state index in [1.54, 1.807) is 0 Å². The summed E-state index contributed by atoms with van der Waals surface area (Å²) in [4.78, 5) is 2.46. The first-order valence-corrected chi connectivity index (χ1v) is 7.58. The fraction of sp³-hybridized carbons (Fsp3) is 0.333. The average Bonchev–Trinajstić information content (AvgIpc) is 2.89. The molecule has 0 saturated carbocycles. The van der Waals surface area contributed by atoms with Crippen LogP contribution < -0.4 is 5.73 Å². The van der Waals surface area contributed by atoms with Gasteiger partial charge in [-0.15, -0.1) is 0 Å². The van der Waals surface area contributed by atoms with Crippen molar-refractivity contribution in [3.63, 3.8) is 0 Å². The van der Waals surface area contributed by atoms with Crippen molar-refractivity contribution < 1.29 is 4.74 Å². The number of fused-ring (bicyclic) bond motifs is 2. The van der Waals surface area contributed by atoms with Gasteiger partial charge in [-0.25, -0.2) is 0 Å². The van der Waals surface area contributed by atoms with Crippen LogP contribution in [0.25, 0.3) is 0 Å². The van der Waals surface area contributed by atoms with Crippen molar-refractivity contribution in [1.29, 1.82) is 0 Å². The van der Waals surface area contributed by atoms with Crippen LogP contribution in [-0.2, 0) is 24.2 Å². The van der Waals surface area contributed by atoms with Gasteiger partial charge in [0.1, 0.15) is 0 Å². The first kappa shape index (κ1) is 12.9. The Labute approximate surface area is 125 Å². The smallest absolute Gasteiger partial charge is 0.0954 e. The van der Waals surface area contributed by atoms with Gasteiger partial charge < -0.3 is 10.5 Å². The maximum atomic E-state index is 6.02. The molecule has 0 spiro atoms. The first-order chi connectivity index (χ1) is 10.3. The van der Waals surface area contributed by atoms with Gasteiger partial charge in [-0.1, -0.05) is 30.3 Å². The maximum Gasteiger partial charge on any atom is 0.0954 e. The zero-order chi connectivity index (χ0) is 14.2. The highest BCUT2D eigenvalue weighted by Gasteiger charge is 2.26. The topological polar surface area (TPSA) is 38.5 Å². The van der Waals surface area contributed by atoms with Crippen molar-refractivity contribution in [1.82, 2.24) is 4.90 Å². The lowest BCUT2D eigenvalue weighted by atomic mass is 9.97. The Bertz CT molecular complexity index is 668. The number of nitrogen functional groups attached to an aromatic ring is 1. The SMILES string of the molecule is Nc1ccc2c(c1)CN(CC1OCCc3ccccc31)C2. The minimum absolute atomic E-state index is 0.196. The number of ether oxygens (including phenoxy) is 1. The van der Waals surface area contributed by atoms with Gasteiger partial charge in [-0.3, -0.25) is 4.90 Å². The number of nitrogens with zero attached hydrogens (tertiary/aromatic N) is 1. The summed E-state index contributed by atoms with van der Waals surface area (Å²) >= 11 is 0. The molecule has 108 valence electrons. The maximum absolute atomic E-state index is 6.02. The molecule has 21 heavy (non-hydrogen) atoms. The minimum Gasteiger partial charge on any atom is -0.399 e. The van der Waals surface area contributed by atoms with Crippen LogP contribution in [0.2, 0.25) is 0 Å². The van der Waals surface area contributed by atoms with E-state index in [0.29, 0.717) is 0 Å². The van der Waals surface area contributed by atoms with E-state index in [-0.39, 0.29) is 6.10 Å². The molecular weight excluding hydrogens is 260 g/mol. The van der Waals surface area contributed by atoms with E-state index < -0.39 is 0 Å². The molecule has 2 aliphatic heterocycles. The van der Waals surface area contributed by atoms with E-state index in [1.807, 2.05) is 6.07 Å². The molecule has 0 bridgehead atoms. The standard InChI is InChI=1S/C18H20N2O/c19-16-6-5-14-10-20(11-15(14)9-16)12-18-17-4-2-1-3-13(17)7-8-21-18/h1-6,9,18H,7-8,10-12,19H2. The largest absolute Gasteiger partial charge is 0.399 e. The summed E-state index contributed by atoms with van der Waals surface area (Å²) in [5.41, 5.74) is 12.3. The molecule has 3 heteroatoms. The molecule has 2 aromatic rings. The molecule has 0 aromatic heterocycles. The van der Waals surface area contributed by atoms with E-state index in [4.69, 9.17) is 10.5 Å². The Morgan fingerprint density at radius 2 is 1.90 bits per heavy atom. The number of nitrogens with two attached hydrogens (primary N) is 1. The summed E-state index contributed by atoms with van der Waals surface area (Å²) in [6.45, 7) is 3.75. The first-order valence-electron chi connectivity index (χ1n) is 7.58. The Hall–Kier alpha value is -1.84. The van der Waals surface area contributed by atoms with Crippen molar-refractivity contribution in [2.24, 2.45) is 0 Å². The molecule has 2 heterocycles. The van der Waals surface area contributed by atoms with E-state index in [2.05, 4.69) is 41.3 Å². The summed E-state index contributed by atoms with van der Waals surface area (Å²) < 4.78 is 6.02. The summed E-state index contributed by atoms with van der Waals surface area (Å²) in [6.07, 6.45) is 1.23. The number of hydrogen-bond donors (Lipinski definition) is 1. The molecule has 0 amide bonds. The zero-order valence-electron chi connectivity index (χ0n) is 12.1. The van der Waals surface area contributed by atoms with Gasteiger partial charge in [0.05, 0.1) is 12.7 Å². The van der Waals surface area contributed by atoms with Gasteiger partial charge in [0, 0.05) is 25.3 Å². The lowest BCUT2D eigenvalue weighted by Gasteiger charge is -2.29. The van der Waals surface area contributed by atoms with Crippen LogP contribution in [0.5, 0.6) is 0 Å². The number of anilines is 1. The molecule has 0 radical (unpaired) electrons. The molecule has 4 rings (SSSR count). The Kier molecular flexibility index (Phi) is 3.17. The Balaban J connectivity index is 1.52. The fourth-order valence-electron chi connectivity index (χ4n) is 3.48. The molecule has 3 nitrogen and oxygen atoms in total. The highest BCUT2D eigenvalue weighted by atomic mass is 16.5. The fourth-order valence-corrected chi connectivity index (χ4v) is 3.48. The van der Waals surface area contributed by atoms with Gasteiger partial charge in [-0.2, -0.15) is 0 Å². The second-order valence-electron chi connectivity index (χ2n) is 6.01. The van der Waals surface area contributed by atoms with Crippen molar-refractivity contribution in [2.75, 3.05) is 18.9 Å². The van der Waals surface area contributed by atoms with Crippen LogP contribution in [0.15, 0.2) is 42.5 Å². The van der Waals surface area contributed by atoms with Crippen molar-refractivity contribution in [3.8, 4) is 0 Å². The van der Waals surface area contributed by atoms with Crippen LogP contribution in [0, 0.1) is 0 Å². The third-order valence-electron chi connectivity index (χ3n) is 4.53. The Morgan fingerprint density at radius 1 is 1.05 bits per heavy atom. The van der Waals surface area contributed by atoms with Crippen LogP contribution in [0.3, 0.4) is 0 Å². The van der Waals surface area contributed by atoms with Gasteiger partial charge in [0.25, 0.3) is 0 Å². The predicted octanol–water partition coefficient (Wildman–Crippen LogP) is 2.90. The Morgan fingerprint density at radius 3 is 2.86 bits per heavy atom. The van der Waals surface area contributed by atoms with Gasteiger partial charge in [0.2, 0.25) is 0 Å². The number of benzene rings is 2. The molecule has 1 atom stereocenters. The second-order valence-corrected chi connectivity index (χ2v) is 6.01. The molecular formula is C18H20N2O. The molecule has 2 aliphatic rings. The molecule has 0 fully saturated rings. The van der Waals surface area contributed by atoms with Gasteiger partial charge in [-0.05, 0) is 40.8 Å². The summed E-state index contributed by atoms with van der Waals surface area (Å²) in [5, 5.41) is 0. The third kappa shape index (κ3) is 2.43. The highest BCUT2D eigenvalue weighted by Crippen LogP contribution is 2.31. The van der Waals surface area contributed by atoms with E-state index in [0.717, 1.165) is 38.3 Å². The lowest BCUT2D eigenvalue weighted by molar-refractivity contribution is 0.0150. The quantitative estimate of drug-likeness (QED) is 0.860. The predicted molar refractivity (Wildman–Crippen MR) is 83.8 cm³/mol. The lowest BCUT2D eigenvalue weighted by Crippen LogP contribution is -2.28. The highest BCUT2D eigenvalue weighted by molar-refractivity contribution is 5.46. The molecule has 1 unspecified atom stereocenters. The molecule has 0 saturated heterocycles. The van der Waals surface area contributed by atoms with Gasteiger partial charge in [0.15, 0.2) is 0 Å².